The number of anilines is 4. The summed E-state index contributed by atoms with van der Waals surface area (Å²) in [5.41, 5.74) is 1.58. The Kier molecular flexibility index (Phi) is 5.40. The summed E-state index contributed by atoms with van der Waals surface area (Å²) >= 11 is 0. The number of carboxylic acids is 1. The van der Waals surface area contributed by atoms with Crippen molar-refractivity contribution in [2.75, 3.05) is 30.1 Å². The van der Waals surface area contributed by atoms with E-state index < -0.39 is 5.97 Å². The van der Waals surface area contributed by atoms with Gasteiger partial charge in [-0.3, -0.25) is 0 Å². The number of benzene rings is 1. The highest BCUT2D eigenvalue weighted by molar-refractivity contribution is 5.89. The molecule has 0 radical (unpaired) electrons. The maximum atomic E-state index is 11.1. The van der Waals surface area contributed by atoms with Crippen LogP contribution in [-0.4, -0.2) is 41.2 Å². The third-order valence-electron chi connectivity index (χ3n) is 4.45. The van der Waals surface area contributed by atoms with Crippen LogP contribution in [-0.2, 0) is 0 Å². The second-order valence-corrected chi connectivity index (χ2v) is 6.18. The predicted octanol–water partition coefficient (Wildman–Crippen LogP) is 3.32. The number of aromatic nitrogens is 2. The minimum atomic E-state index is -1.01. The maximum Gasteiger partial charge on any atom is 0.335 e. The van der Waals surface area contributed by atoms with Crippen LogP contribution in [0.15, 0.2) is 24.4 Å². The van der Waals surface area contributed by atoms with E-state index >= 15 is 0 Å². The van der Waals surface area contributed by atoms with Crippen LogP contribution >= 0.6 is 0 Å². The van der Waals surface area contributed by atoms with Gasteiger partial charge in [-0.1, -0.05) is 12.8 Å². The molecule has 4 N–H and O–H groups in total. The Labute approximate surface area is 152 Å². The Balaban J connectivity index is 1.84. The number of carbonyl (C=O) groups is 1. The number of carboxylic acid groups (broad SMARTS) is 1. The second kappa shape index (κ2) is 7.90. The van der Waals surface area contributed by atoms with Crippen LogP contribution < -0.4 is 20.7 Å². The molecule has 0 saturated heterocycles. The SMILES string of the molecule is CNc1cnc(Nc2ccc(C(=O)O)cc2OC)nc1NC1CCCC1. The highest BCUT2D eigenvalue weighted by Crippen LogP contribution is 2.30. The van der Waals surface area contributed by atoms with Crippen LogP contribution in [0.1, 0.15) is 36.0 Å². The van der Waals surface area contributed by atoms with Crippen molar-refractivity contribution in [2.24, 2.45) is 0 Å². The Bertz CT molecular complexity index is 790. The van der Waals surface area contributed by atoms with Crippen LogP contribution in [0.3, 0.4) is 0 Å². The molecule has 1 fully saturated rings. The Morgan fingerprint density at radius 3 is 2.69 bits per heavy atom. The van der Waals surface area contributed by atoms with Gasteiger partial charge in [0, 0.05) is 13.1 Å². The lowest BCUT2D eigenvalue weighted by Gasteiger charge is -2.17. The largest absolute Gasteiger partial charge is 0.495 e. The first-order valence-corrected chi connectivity index (χ1v) is 8.60. The summed E-state index contributed by atoms with van der Waals surface area (Å²) in [6.07, 6.45) is 6.46. The maximum absolute atomic E-state index is 11.1. The summed E-state index contributed by atoms with van der Waals surface area (Å²) in [6.45, 7) is 0. The van der Waals surface area contributed by atoms with Crippen molar-refractivity contribution >= 4 is 29.1 Å². The molecule has 1 heterocycles. The quantitative estimate of drug-likeness (QED) is 0.598. The molecule has 26 heavy (non-hydrogen) atoms. The first kappa shape index (κ1) is 17.8. The average Bonchev–Trinajstić information content (AvgIpc) is 3.15. The van der Waals surface area contributed by atoms with Crippen molar-refractivity contribution in [3.8, 4) is 5.75 Å². The fourth-order valence-electron chi connectivity index (χ4n) is 3.05. The lowest BCUT2D eigenvalue weighted by Crippen LogP contribution is -2.17. The summed E-state index contributed by atoms with van der Waals surface area (Å²) in [6, 6.07) is 5.04. The monoisotopic (exact) mass is 357 g/mol. The summed E-state index contributed by atoms with van der Waals surface area (Å²) in [5.74, 6) is 0.563. The highest BCUT2D eigenvalue weighted by Gasteiger charge is 2.18. The predicted molar refractivity (Wildman–Crippen MR) is 101 cm³/mol. The van der Waals surface area contributed by atoms with E-state index in [-0.39, 0.29) is 5.56 Å². The van der Waals surface area contributed by atoms with Crippen molar-refractivity contribution < 1.29 is 14.6 Å². The van der Waals surface area contributed by atoms with E-state index in [0.29, 0.717) is 23.4 Å². The van der Waals surface area contributed by atoms with E-state index in [2.05, 4.69) is 25.9 Å². The van der Waals surface area contributed by atoms with Crippen LogP contribution in [0.5, 0.6) is 5.75 Å². The molecule has 0 atom stereocenters. The molecule has 0 spiro atoms. The third-order valence-corrected chi connectivity index (χ3v) is 4.45. The number of rotatable bonds is 7. The minimum Gasteiger partial charge on any atom is -0.495 e. The number of nitrogens with one attached hydrogen (secondary N) is 3. The summed E-state index contributed by atoms with van der Waals surface area (Å²) in [4.78, 5) is 20.0. The van der Waals surface area contributed by atoms with Crippen molar-refractivity contribution in [1.82, 2.24) is 9.97 Å². The molecule has 0 aliphatic heterocycles. The molecule has 1 aromatic carbocycles. The van der Waals surface area contributed by atoms with Crippen molar-refractivity contribution in [1.29, 1.82) is 0 Å². The van der Waals surface area contributed by atoms with Gasteiger partial charge < -0.3 is 25.8 Å². The molecule has 1 aromatic heterocycles. The molecule has 0 bridgehead atoms. The molecule has 2 aromatic rings. The van der Waals surface area contributed by atoms with Crippen LogP contribution in [0.4, 0.5) is 23.1 Å². The number of aromatic carboxylic acids is 1. The lowest BCUT2D eigenvalue weighted by molar-refractivity contribution is 0.0696. The van der Waals surface area contributed by atoms with E-state index in [4.69, 9.17) is 9.84 Å². The molecule has 0 amide bonds. The van der Waals surface area contributed by atoms with Crippen LogP contribution in [0, 0.1) is 0 Å². The number of hydrogen-bond acceptors (Lipinski definition) is 7. The molecule has 1 aliphatic carbocycles. The number of hydrogen-bond donors (Lipinski definition) is 4. The molecule has 8 nitrogen and oxygen atoms in total. The summed E-state index contributed by atoms with van der Waals surface area (Å²) in [7, 11) is 3.32. The van der Waals surface area contributed by atoms with Gasteiger partial charge in [0.25, 0.3) is 0 Å². The minimum absolute atomic E-state index is 0.155. The van der Waals surface area contributed by atoms with E-state index in [1.807, 2.05) is 7.05 Å². The highest BCUT2D eigenvalue weighted by atomic mass is 16.5. The molecular formula is C18H23N5O3. The Morgan fingerprint density at radius 1 is 1.27 bits per heavy atom. The number of ether oxygens (including phenoxy) is 1. The average molecular weight is 357 g/mol. The normalized spacial score (nSPS) is 14.1. The summed E-state index contributed by atoms with van der Waals surface area (Å²) < 4.78 is 5.28. The second-order valence-electron chi connectivity index (χ2n) is 6.18. The fraction of sp³-hybridized carbons (Fsp3) is 0.389. The molecule has 3 rings (SSSR count). The first-order chi connectivity index (χ1) is 12.6. The zero-order valence-corrected chi connectivity index (χ0v) is 14.9. The molecule has 1 saturated carbocycles. The van der Waals surface area contributed by atoms with Crippen molar-refractivity contribution in [2.45, 2.75) is 31.7 Å². The van der Waals surface area contributed by atoms with E-state index in [1.54, 1.807) is 12.3 Å². The lowest BCUT2D eigenvalue weighted by atomic mass is 10.2. The first-order valence-electron chi connectivity index (χ1n) is 8.60. The zero-order valence-electron chi connectivity index (χ0n) is 14.9. The molecule has 1 aliphatic rings. The molecule has 138 valence electrons. The molecule has 0 unspecified atom stereocenters. The van der Waals surface area contributed by atoms with E-state index in [1.165, 1.54) is 32.1 Å². The van der Waals surface area contributed by atoms with Crippen molar-refractivity contribution in [3.05, 3.63) is 30.0 Å². The van der Waals surface area contributed by atoms with Gasteiger partial charge in [0.05, 0.1) is 30.2 Å². The van der Waals surface area contributed by atoms with E-state index in [0.717, 1.165) is 24.3 Å². The summed E-state index contributed by atoms with van der Waals surface area (Å²) in [5, 5.41) is 18.8. The van der Waals surface area contributed by atoms with Gasteiger partial charge in [-0.2, -0.15) is 4.98 Å². The smallest absolute Gasteiger partial charge is 0.335 e. The molecular weight excluding hydrogens is 334 g/mol. The van der Waals surface area contributed by atoms with Crippen molar-refractivity contribution in [3.63, 3.8) is 0 Å². The number of nitrogens with zero attached hydrogens (tertiary/aromatic N) is 2. The van der Waals surface area contributed by atoms with Gasteiger partial charge in [0.2, 0.25) is 5.95 Å². The Morgan fingerprint density at radius 2 is 2.04 bits per heavy atom. The standard InChI is InChI=1S/C18H23N5O3/c1-19-14-10-20-18(23-16(14)21-12-5-3-4-6-12)22-13-8-7-11(17(24)25)9-15(13)26-2/h7-10,12,19H,3-6H2,1-2H3,(H,24,25)(H2,20,21,22,23). The van der Waals surface area contributed by atoms with Gasteiger partial charge in [-0.05, 0) is 31.0 Å². The third kappa shape index (κ3) is 3.96. The fourth-order valence-corrected chi connectivity index (χ4v) is 3.05. The van der Waals surface area contributed by atoms with Gasteiger partial charge in [-0.25, -0.2) is 9.78 Å². The zero-order chi connectivity index (χ0) is 18.5. The van der Waals surface area contributed by atoms with E-state index in [9.17, 15) is 4.79 Å². The topological polar surface area (TPSA) is 108 Å². The Hall–Kier alpha value is -3.03. The van der Waals surface area contributed by atoms with Gasteiger partial charge in [-0.15, -0.1) is 0 Å². The van der Waals surface area contributed by atoms with Crippen LogP contribution in [0.25, 0.3) is 0 Å². The van der Waals surface area contributed by atoms with Gasteiger partial charge in [0.15, 0.2) is 5.82 Å². The number of methoxy groups -OCH3 is 1. The molecule has 8 heteroatoms. The van der Waals surface area contributed by atoms with Gasteiger partial charge in [0.1, 0.15) is 5.75 Å². The van der Waals surface area contributed by atoms with Crippen LogP contribution in [0.2, 0.25) is 0 Å². The van der Waals surface area contributed by atoms with Gasteiger partial charge >= 0.3 is 5.97 Å².